The largest absolute Gasteiger partial charge is 0.390 e. The topological polar surface area (TPSA) is 45.6 Å². The highest BCUT2D eigenvalue weighted by atomic mass is 16.5. The number of hydrogen-bond donors (Lipinski definition) is 1. The van der Waals surface area contributed by atoms with Crippen LogP contribution >= 0.6 is 0 Å². The number of pyridine rings is 1. The van der Waals surface area contributed by atoms with Crippen LogP contribution < -0.4 is 4.90 Å². The minimum atomic E-state index is -0.00499. The summed E-state index contributed by atoms with van der Waals surface area (Å²) in [5.74, 6) is 0. The highest BCUT2D eigenvalue weighted by Crippen LogP contribution is 2.21. The molecule has 88 valence electrons. The van der Waals surface area contributed by atoms with E-state index in [1.807, 2.05) is 12.1 Å². The van der Waals surface area contributed by atoms with Crippen molar-refractivity contribution in [3.05, 3.63) is 24.0 Å². The SMILES string of the molecule is CCC1COCCN1c1ccnc(CO)c1. The fourth-order valence-electron chi connectivity index (χ4n) is 2.06. The number of morpholine rings is 1. The van der Waals surface area contributed by atoms with Crippen LogP contribution in [0.5, 0.6) is 0 Å². The van der Waals surface area contributed by atoms with E-state index < -0.39 is 0 Å². The molecule has 1 aliphatic heterocycles. The summed E-state index contributed by atoms with van der Waals surface area (Å²) in [6.45, 7) is 4.63. The lowest BCUT2D eigenvalue weighted by Gasteiger charge is -2.37. The van der Waals surface area contributed by atoms with Gasteiger partial charge in [0.2, 0.25) is 0 Å². The molecule has 1 saturated heterocycles. The molecule has 0 spiro atoms. The Morgan fingerprint density at radius 3 is 3.25 bits per heavy atom. The molecule has 4 nitrogen and oxygen atoms in total. The molecule has 2 heterocycles. The maximum atomic E-state index is 9.08. The second-order valence-electron chi connectivity index (χ2n) is 3.99. The van der Waals surface area contributed by atoms with Crippen molar-refractivity contribution < 1.29 is 9.84 Å². The van der Waals surface area contributed by atoms with E-state index in [2.05, 4.69) is 16.8 Å². The van der Waals surface area contributed by atoms with Crippen molar-refractivity contribution in [2.45, 2.75) is 26.0 Å². The normalized spacial score (nSPS) is 21.1. The number of ether oxygens (including phenoxy) is 1. The Bertz CT molecular complexity index is 344. The molecule has 2 rings (SSSR count). The van der Waals surface area contributed by atoms with Crippen LogP contribution in [0.1, 0.15) is 19.0 Å². The molecular weight excluding hydrogens is 204 g/mol. The van der Waals surface area contributed by atoms with E-state index in [0.29, 0.717) is 6.04 Å². The van der Waals surface area contributed by atoms with Gasteiger partial charge in [-0.25, -0.2) is 0 Å². The molecule has 0 aromatic carbocycles. The van der Waals surface area contributed by atoms with Crippen LogP contribution in [0.25, 0.3) is 0 Å². The molecule has 0 bridgehead atoms. The van der Waals surface area contributed by atoms with Gasteiger partial charge in [0.15, 0.2) is 0 Å². The maximum Gasteiger partial charge on any atom is 0.0853 e. The van der Waals surface area contributed by atoms with Crippen LogP contribution in [-0.4, -0.2) is 35.9 Å². The van der Waals surface area contributed by atoms with Crippen molar-refractivity contribution in [1.29, 1.82) is 0 Å². The highest BCUT2D eigenvalue weighted by Gasteiger charge is 2.21. The third kappa shape index (κ3) is 2.33. The number of rotatable bonds is 3. The van der Waals surface area contributed by atoms with Gasteiger partial charge in [0.1, 0.15) is 0 Å². The van der Waals surface area contributed by atoms with E-state index in [9.17, 15) is 0 Å². The Balaban J connectivity index is 2.20. The molecule has 1 aromatic rings. The Labute approximate surface area is 95.9 Å². The van der Waals surface area contributed by atoms with Gasteiger partial charge in [-0.2, -0.15) is 0 Å². The minimum Gasteiger partial charge on any atom is -0.390 e. The van der Waals surface area contributed by atoms with Gasteiger partial charge < -0.3 is 14.7 Å². The first-order valence-electron chi connectivity index (χ1n) is 5.75. The van der Waals surface area contributed by atoms with Crippen molar-refractivity contribution in [3.8, 4) is 0 Å². The highest BCUT2D eigenvalue weighted by molar-refractivity contribution is 5.48. The molecule has 1 aromatic heterocycles. The van der Waals surface area contributed by atoms with Crippen LogP contribution in [0.4, 0.5) is 5.69 Å². The van der Waals surface area contributed by atoms with Crippen LogP contribution in [0, 0.1) is 0 Å². The number of aliphatic hydroxyl groups is 1. The molecular formula is C12H18N2O2. The quantitative estimate of drug-likeness (QED) is 0.834. The number of nitrogens with zero attached hydrogens (tertiary/aromatic N) is 2. The maximum absolute atomic E-state index is 9.08. The molecule has 1 unspecified atom stereocenters. The minimum absolute atomic E-state index is 0.00499. The number of anilines is 1. The van der Waals surface area contributed by atoms with Gasteiger partial charge in [0.25, 0.3) is 0 Å². The van der Waals surface area contributed by atoms with Crippen LogP contribution in [0.15, 0.2) is 18.3 Å². The number of hydrogen-bond acceptors (Lipinski definition) is 4. The number of aliphatic hydroxyl groups excluding tert-OH is 1. The monoisotopic (exact) mass is 222 g/mol. The molecule has 1 N–H and O–H groups in total. The fourth-order valence-corrected chi connectivity index (χ4v) is 2.06. The van der Waals surface area contributed by atoms with Crippen molar-refractivity contribution in [2.24, 2.45) is 0 Å². The lowest BCUT2D eigenvalue weighted by atomic mass is 10.1. The van der Waals surface area contributed by atoms with Gasteiger partial charge in [-0.05, 0) is 18.6 Å². The van der Waals surface area contributed by atoms with Crippen LogP contribution in [0.3, 0.4) is 0 Å². The standard InChI is InChI=1S/C12H18N2O2/c1-2-11-9-16-6-5-14(11)12-3-4-13-10(7-12)8-15/h3-4,7,11,15H,2,5-6,8-9H2,1H3. The average molecular weight is 222 g/mol. The molecule has 0 amide bonds. The van der Waals surface area contributed by atoms with Gasteiger partial charge in [-0.15, -0.1) is 0 Å². The second kappa shape index (κ2) is 5.27. The first-order valence-corrected chi connectivity index (χ1v) is 5.75. The molecule has 1 fully saturated rings. The molecule has 1 atom stereocenters. The Morgan fingerprint density at radius 2 is 2.50 bits per heavy atom. The zero-order valence-corrected chi connectivity index (χ0v) is 9.59. The van der Waals surface area contributed by atoms with E-state index in [1.54, 1.807) is 6.20 Å². The zero-order chi connectivity index (χ0) is 11.4. The van der Waals surface area contributed by atoms with Crippen molar-refractivity contribution in [1.82, 2.24) is 4.98 Å². The summed E-state index contributed by atoms with van der Waals surface area (Å²) in [7, 11) is 0. The predicted octanol–water partition coefficient (Wildman–Crippen LogP) is 1.19. The van der Waals surface area contributed by atoms with E-state index >= 15 is 0 Å². The average Bonchev–Trinajstić information content (AvgIpc) is 2.38. The Morgan fingerprint density at radius 1 is 1.62 bits per heavy atom. The number of aromatic nitrogens is 1. The fraction of sp³-hybridized carbons (Fsp3) is 0.583. The molecule has 0 saturated carbocycles. The van der Waals surface area contributed by atoms with E-state index in [4.69, 9.17) is 9.84 Å². The smallest absolute Gasteiger partial charge is 0.0853 e. The molecule has 16 heavy (non-hydrogen) atoms. The van der Waals surface area contributed by atoms with Gasteiger partial charge in [-0.1, -0.05) is 6.92 Å². The lowest BCUT2D eigenvalue weighted by molar-refractivity contribution is 0.0929. The summed E-state index contributed by atoms with van der Waals surface area (Å²) in [6, 6.07) is 4.38. The third-order valence-corrected chi connectivity index (χ3v) is 2.99. The van der Waals surface area contributed by atoms with Gasteiger partial charge in [0.05, 0.1) is 31.6 Å². The van der Waals surface area contributed by atoms with E-state index in [-0.39, 0.29) is 6.61 Å². The van der Waals surface area contributed by atoms with Gasteiger partial charge in [0, 0.05) is 18.4 Å². The Kier molecular flexibility index (Phi) is 3.74. The first kappa shape index (κ1) is 11.4. The summed E-state index contributed by atoms with van der Waals surface area (Å²) in [6.07, 6.45) is 2.82. The summed E-state index contributed by atoms with van der Waals surface area (Å²) < 4.78 is 5.47. The van der Waals surface area contributed by atoms with Crippen LogP contribution in [0.2, 0.25) is 0 Å². The summed E-state index contributed by atoms with van der Waals surface area (Å²) in [5.41, 5.74) is 1.85. The van der Waals surface area contributed by atoms with Gasteiger partial charge >= 0.3 is 0 Å². The van der Waals surface area contributed by atoms with Crippen molar-refractivity contribution >= 4 is 5.69 Å². The van der Waals surface area contributed by atoms with Crippen molar-refractivity contribution in [3.63, 3.8) is 0 Å². The third-order valence-electron chi connectivity index (χ3n) is 2.99. The summed E-state index contributed by atoms with van der Waals surface area (Å²) >= 11 is 0. The molecule has 4 heteroatoms. The molecule has 0 aliphatic carbocycles. The lowest BCUT2D eigenvalue weighted by Crippen LogP contribution is -2.45. The van der Waals surface area contributed by atoms with Crippen molar-refractivity contribution in [2.75, 3.05) is 24.7 Å². The zero-order valence-electron chi connectivity index (χ0n) is 9.59. The van der Waals surface area contributed by atoms with E-state index in [1.165, 1.54) is 0 Å². The second-order valence-corrected chi connectivity index (χ2v) is 3.99. The molecule has 1 aliphatic rings. The van der Waals surface area contributed by atoms with E-state index in [0.717, 1.165) is 37.6 Å². The Hall–Kier alpha value is -1.13. The van der Waals surface area contributed by atoms with Crippen LogP contribution in [-0.2, 0) is 11.3 Å². The first-order chi connectivity index (χ1) is 7.85. The molecule has 0 radical (unpaired) electrons. The van der Waals surface area contributed by atoms with Gasteiger partial charge in [-0.3, -0.25) is 4.98 Å². The predicted molar refractivity (Wildman–Crippen MR) is 62.4 cm³/mol. The summed E-state index contributed by atoms with van der Waals surface area (Å²) in [5, 5.41) is 9.08. The summed E-state index contributed by atoms with van der Waals surface area (Å²) in [4.78, 5) is 6.43.